The molecule has 0 saturated heterocycles. The van der Waals surface area contributed by atoms with E-state index in [2.05, 4.69) is 63.3 Å². The molecule has 2 N–H and O–H groups in total. The molecule has 0 bridgehead atoms. The molecule has 1 aliphatic heterocycles. The minimum Gasteiger partial charge on any atom is -0.454 e. The highest BCUT2D eigenvalue weighted by molar-refractivity contribution is 9.11. The molecule has 0 radical (unpaired) electrons. The molecule has 0 unspecified atom stereocenters. The van der Waals surface area contributed by atoms with E-state index in [0.717, 1.165) is 15.4 Å². The molecule has 12 heteroatoms. The molecule has 0 spiro atoms. The summed E-state index contributed by atoms with van der Waals surface area (Å²) in [7, 11) is 0. The highest BCUT2D eigenvalue weighted by atomic mass is 79.9. The number of carbonyl (C=O) groups is 2. The van der Waals surface area contributed by atoms with Crippen molar-refractivity contribution in [1.82, 2.24) is 10.4 Å². The SMILES string of the molecule is O=C(Oc1c(Br)cc(Br)cc1C=NNC(=O)c1[nH]c2c(Cl)cc(Br)cc2c1-c1ccccc1)c1ccc2c(c1)OCO2. The number of hydrazone groups is 1. The van der Waals surface area contributed by atoms with E-state index >= 15 is 0 Å². The minimum atomic E-state index is -0.608. The number of amides is 1. The van der Waals surface area contributed by atoms with Crippen molar-refractivity contribution in [1.29, 1.82) is 0 Å². The number of rotatable bonds is 6. The van der Waals surface area contributed by atoms with Gasteiger partial charge in [-0.15, -0.1) is 0 Å². The second-order valence-corrected chi connectivity index (χ2v) is 12.1. The predicted octanol–water partition coefficient (Wildman–Crippen LogP) is 8.49. The fraction of sp³-hybridized carbons (Fsp3) is 0.0333. The Morgan fingerprint density at radius 1 is 0.952 bits per heavy atom. The normalized spacial score (nSPS) is 12.2. The van der Waals surface area contributed by atoms with Gasteiger partial charge >= 0.3 is 5.97 Å². The fourth-order valence-electron chi connectivity index (χ4n) is 4.47. The lowest BCUT2D eigenvalue weighted by atomic mass is 10.0. The standard InChI is InChI=1S/C30H17Br3ClN3O5/c31-18-8-17(28(21(33)11-18)42-30(39)16-6-7-23-24(9-16)41-14-40-23)13-35-37-29(38)27-25(15-4-2-1-3-5-15)20-10-19(32)12-22(34)26(20)36-27/h1-13,36H,14H2,(H,37,38). The van der Waals surface area contributed by atoms with E-state index in [1.54, 1.807) is 36.4 Å². The lowest BCUT2D eigenvalue weighted by Gasteiger charge is -2.11. The summed E-state index contributed by atoms with van der Waals surface area (Å²) >= 11 is 16.9. The number of esters is 1. The third-order valence-electron chi connectivity index (χ3n) is 6.32. The zero-order valence-corrected chi connectivity index (χ0v) is 26.7. The Hall–Kier alpha value is -3.64. The number of ether oxygens (including phenoxy) is 3. The number of carbonyl (C=O) groups excluding carboxylic acids is 2. The second kappa shape index (κ2) is 11.9. The molecule has 0 fully saturated rings. The number of aromatic amines is 1. The van der Waals surface area contributed by atoms with Crippen molar-refractivity contribution in [2.75, 3.05) is 6.79 Å². The molecule has 2 heterocycles. The number of halogens is 4. The summed E-state index contributed by atoms with van der Waals surface area (Å²) in [5, 5.41) is 5.42. The zero-order valence-electron chi connectivity index (χ0n) is 21.2. The van der Waals surface area contributed by atoms with Crippen LogP contribution in [0, 0.1) is 0 Å². The number of fused-ring (bicyclic) bond motifs is 2. The molecule has 0 saturated carbocycles. The maximum atomic E-state index is 13.4. The quantitative estimate of drug-likeness (QED) is 0.0781. The highest BCUT2D eigenvalue weighted by Gasteiger charge is 2.22. The Kier molecular flexibility index (Phi) is 8.09. The van der Waals surface area contributed by atoms with Crippen LogP contribution in [0.5, 0.6) is 17.2 Å². The number of nitrogens with one attached hydrogen (secondary N) is 2. The first kappa shape index (κ1) is 28.5. The average molecular weight is 775 g/mol. The van der Waals surface area contributed by atoms with E-state index in [1.165, 1.54) is 6.21 Å². The Balaban J connectivity index is 1.29. The highest BCUT2D eigenvalue weighted by Crippen LogP contribution is 2.38. The monoisotopic (exact) mass is 771 g/mol. The van der Waals surface area contributed by atoms with Crippen molar-refractivity contribution < 1.29 is 23.8 Å². The van der Waals surface area contributed by atoms with Crippen molar-refractivity contribution in [3.05, 3.63) is 108 Å². The van der Waals surface area contributed by atoms with Crippen LogP contribution in [-0.4, -0.2) is 29.9 Å². The number of aromatic nitrogens is 1. The first-order valence-electron chi connectivity index (χ1n) is 12.3. The summed E-state index contributed by atoms with van der Waals surface area (Å²) in [6, 6.07) is 21.4. The van der Waals surface area contributed by atoms with Gasteiger partial charge in [-0.25, -0.2) is 10.2 Å². The number of hydrogen-bond acceptors (Lipinski definition) is 6. The van der Waals surface area contributed by atoms with Gasteiger partial charge in [0.15, 0.2) is 17.2 Å². The van der Waals surface area contributed by atoms with Gasteiger partial charge < -0.3 is 19.2 Å². The van der Waals surface area contributed by atoms with Crippen LogP contribution in [0.4, 0.5) is 0 Å². The molecule has 0 atom stereocenters. The summed E-state index contributed by atoms with van der Waals surface area (Å²) in [4.78, 5) is 29.6. The van der Waals surface area contributed by atoms with Crippen LogP contribution in [0.3, 0.4) is 0 Å². The number of H-pyrrole nitrogens is 1. The molecule has 5 aromatic rings. The molecular formula is C30H17Br3ClN3O5. The van der Waals surface area contributed by atoms with Gasteiger partial charge in [0.05, 0.1) is 26.8 Å². The molecule has 6 rings (SSSR count). The molecular weight excluding hydrogens is 758 g/mol. The second-order valence-electron chi connectivity index (χ2n) is 9.01. The molecule has 1 aliphatic rings. The number of nitrogens with zero attached hydrogens (tertiary/aromatic N) is 1. The third kappa shape index (κ3) is 5.69. The van der Waals surface area contributed by atoms with Gasteiger partial charge in [0.25, 0.3) is 5.91 Å². The Bertz CT molecular complexity index is 1910. The Morgan fingerprint density at radius 3 is 2.52 bits per heavy atom. The maximum Gasteiger partial charge on any atom is 0.343 e. The van der Waals surface area contributed by atoms with Crippen molar-refractivity contribution in [3.63, 3.8) is 0 Å². The lowest BCUT2D eigenvalue weighted by molar-refractivity contribution is 0.0732. The predicted molar refractivity (Wildman–Crippen MR) is 171 cm³/mol. The van der Waals surface area contributed by atoms with Gasteiger partial charge in [-0.05, 0) is 64.0 Å². The van der Waals surface area contributed by atoms with E-state index in [4.69, 9.17) is 25.8 Å². The first-order chi connectivity index (χ1) is 20.3. The molecule has 1 aromatic heterocycles. The van der Waals surface area contributed by atoms with Crippen LogP contribution >= 0.6 is 59.4 Å². The average Bonchev–Trinajstić information content (AvgIpc) is 3.59. The van der Waals surface area contributed by atoms with Crippen molar-refractivity contribution >= 4 is 88.4 Å². The van der Waals surface area contributed by atoms with Crippen LogP contribution < -0.4 is 19.6 Å². The van der Waals surface area contributed by atoms with Gasteiger partial charge in [0.2, 0.25) is 6.79 Å². The summed E-state index contributed by atoms with van der Waals surface area (Å²) in [6.45, 7) is 0.0916. The minimum absolute atomic E-state index is 0.0916. The van der Waals surface area contributed by atoms with Gasteiger partial charge in [-0.1, -0.05) is 73.8 Å². The van der Waals surface area contributed by atoms with Crippen LogP contribution in [0.2, 0.25) is 5.02 Å². The van der Waals surface area contributed by atoms with Gasteiger partial charge in [0.1, 0.15) is 5.69 Å². The van der Waals surface area contributed by atoms with Crippen molar-refractivity contribution in [3.8, 4) is 28.4 Å². The summed E-state index contributed by atoms with van der Waals surface area (Å²) in [5.41, 5.74) is 5.72. The van der Waals surface area contributed by atoms with Gasteiger partial charge in [-0.3, -0.25) is 4.79 Å². The van der Waals surface area contributed by atoms with Crippen LogP contribution in [0.1, 0.15) is 26.4 Å². The molecule has 42 heavy (non-hydrogen) atoms. The molecule has 1 amide bonds. The largest absolute Gasteiger partial charge is 0.454 e. The molecule has 4 aromatic carbocycles. The Morgan fingerprint density at radius 2 is 1.71 bits per heavy atom. The third-order valence-corrected chi connectivity index (χ3v) is 8.13. The van der Waals surface area contributed by atoms with Crippen LogP contribution in [0.25, 0.3) is 22.0 Å². The van der Waals surface area contributed by atoms with Gasteiger partial charge in [0, 0.05) is 25.5 Å². The van der Waals surface area contributed by atoms with E-state index < -0.39 is 11.9 Å². The number of hydrogen-bond donors (Lipinski definition) is 2. The van der Waals surface area contributed by atoms with Crippen LogP contribution in [-0.2, 0) is 0 Å². The smallest absolute Gasteiger partial charge is 0.343 e. The van der Waals surface area contributed by atoms with Crippen molar-refractivity contribution in [2.24, 2.45) is 5.10 Å². The van der Waals surface area contributed by atoms with Crippen LogP contribution in [0.15, 0.2) is 91.3 Å². The van der Waals surface area contributed by atoms with E-state index in [1.807, 2.05) is 36.4 Å². The summed E-state index contributed by atoms with van der Waals surface area (Å²) < 4.78 is 18.4. The molecule has 8 nitrogen and oxygen atoms in total. The summed E-state index contributed by atoms with van der Waals surface area (Å²) in [5.74, 6) is 0.140. The van der Waals surface area contributed by atoms with Gasteiger partial charge in [-0.2, -0.15) is 5.10 Å². The summed E-state index contributed by atoms with van der Waals surface area (Å²) in [6.07, 6.45) is 1.39. The number of benzene rings is 4. The van der Waals surface area contributed by atoms with Crippen molar-refractivity contribution in [2.45, 2.75) is 0 Å². The zero-order chi connectivity index (χ0) is 29.4. The molecule has 210 valence electrons. The van der Waals surface area contributed by atoms with E-state index in [-0.39, 0.29) is 18.1 Å². The van der Waals surface area contributed by atoms with E-state index in [0.29, 0.717) is 47.8 Å². The topological polar surface area (TPSA) is 102 Å². The van der Waals surface area contributed by atoms with E-state index in [9.17, 15) is 9.59 Å². The molecule has 0 aliphatic carbocycles. The lowest BCUT2D eigenvalue weighted by Crippen LogP contribution is -2.19. The maximum absolute atomic E-state index is 13.4. The Labute approximate surface area is 269 Å². The fourth-order valence-corrected chi connectivity index (χ4v) is 6.67. The first-order valence-corrected chi connectivity index (χ1v) is 15.0.